The number of methoxy groups -OCH3 is 2. The Balaban J connectivity index is 1.45. The molecule has 2 aromatic rings. The summed E-state index contributed by atoms with van der Waals surface area (Å²) >= 11 is 0. The molecule has 8 heteroatoms. The summed E-state index contributed by atoms with van der Waals surface area (Å²) in [7, 11) is 3.21. The van der Waals surface area contributed by atoms with Gasteiger partial charge in [-0.05, 0) is 12.0 Å². The average Bonchev–Trinajstić information content (AvgIpc) is 2.80. The largest absolute Gasteiger partial charge is 0.493 e. The minimum absolute atomic E-state index is 0.124. The Kier molecular flexibility index (Phi) is 5.93. The SMILES string of the molecule is COc1cc2c(cc1OC)[N+]1(CCC2=O)CCN(CCc2ccc([N+](=O)[O-])cc2)CC1. The number of non-ortho nitro benzene ring substituents is 1. The molecule has 4 rings (SSSR count). The van der Waals surface area contributed by atoms with Gasteiger partial charge in [-0.3, -0.25) is 24.3 Å². The van der Waals surface area contributed by atoms with Crippen molar-refractivity contribution in [2.24, 2.45) is 0 Å². The topological polar surface area (TPSA) is 81.9 Å². The molecule has 0 unspecified atom stereocenters. The van der Waals surface area contributed by atoms with Crippen molar-refractivity contribution in [1.29, 1.82) is 0 Å². The summed E-state index contributed by atoms with van der Waals surface area (Å²) < 4.78 is 11.7. The number of Topliss-reactive ketones (excluding diaryl/α,β-unsaturated/α-hetero) is 1. The fourth-order valence-corrected chi connectivity index (χ4v) is 4.70. The third kappa shape index (κ3) is 4.13. The Bertz CT molecular complexity index is 981. The maximum Gasteiger partial charge on any atom is 0.269 e. The Labute approximate surface area is 181 Å². The van der Waals surface area contributed by atoms with E-state index in [0.717, 1.165) is 67.0 Å². The molecular formula is C23H28N3O5+. The van der Waals surface area contributed by atoms with Crippen molar-refractivity contribution < 1.29 is 19.2 Å². The molecule has 2 heterocycles. The van der Waals surface area contributed by atoms with Crippen LogP contribution in [0.2, 0.25) is 0 Å². The van der Waals surface area contributed by atoms with E-state index in [1.54, 1.807) is 26.4 Å². The number of quaternary nitrogens is 1. The van der Waals surface area contributed by atoms with Gasteiger partial charge in [0.2, 0.25) is 0 Å². The molecule has 1 saturated heterocycles. The van der Waals surface area contributed by atoms with Crippen molar-refractivity contribution in [1.82, 2.24) is 9.38 Å². The third-order valence-electron chi connectivity index (χ3n) is 6.63. The number of benzene rings is 2. The van der Waals surface area contributed by atoms with Crippen molar-refractivity contribution in [2.45, 2.75) is 12.8 Å². The van der Waals surface area contributed by atoms with Crippen LogP contribution in [-0.2, 0) is 6.42 Å². The molecule has 8 nitrogen and oxygen atoms in total. The number of carbonyl (C=O) groups excluding carboxylic acids is 1. The van der Waals surface area contributed by atoms with Gasteiger partial charge in [0, 0.05) is 43.9 Å². The molecule has 2 aliphatic heterocycles. The van der Waals surface area contributed by atoms with Crippen LogP contribution in [-0.4, -0.2) is 69.1 Å². The molecule has 1 fully saturated rings. The lowest BCUT2D eigenvalue weighted by molar-refractivity contribution is -0.384. The molecule has 0 aromatic heterocycles. The van der Waals surface area contributed by atoms with E-state index in [1.165, 1.54) is 0 Å². The zero-order chi connectivity index (χ0) is 22.0. The lowest BCUT2D eigenvalue weighted by Gasteiger charge is -2.47. The summed E-state index contributed by atoms with van der Waals surface area (Å²) in [6.45, 7) is 5.49. The molecule has 0 radical (unpaired) electrons. The van der Waals surface area contributed by atoms with Crippen LogP contribution in [0.1, 0.15) is 22.3 Å². The van der Waals surface area contributed by atoms with Crippen molar-refractivity contribution in [3.05, 3.63) is 57.6 Å². The Hall–Kier alpha value is -2.97. The molecule has 0 atom stereocenters. The summed E-state index contributed by atoms with van der Waals surface area (Å²) in [5, 5.41) is 10.8. The van der Waals surface area contributed by atoms with Gasteiger partial charge in [-0.15, -0.1) is 0 Å². The van der Waals surface area contributed by atoms with Crippen molar-refractivity contribution in [3.8, 4) is 11.5 Å². The maximum absolute atomic E-state index is 12.6. The number of piperazine rings is 1. The van der Waals surface area contributed by atoms with Gasteiger partial charge in [0.25, 0.3) is 5.69 Å². The first kappa shape index (κ1) is 21.3. The van der Waals surface area contributed by atoms with Gasteiger partial charge in [-0.1, -0.05) is 12.1 Å². The number of rotatable bonds is 6. The highest BCUT2D eigenvalue weighted by molar-refractivity contribution is 6.03. The van der Waals surface area contributed by atoms with Crippen LogP contribution in [0.3, 0.4) is 0 Å². The quantitative estimate of drug-likeness (QED) is 0.401. The van der Waals surface area contributed by atoms with Crippen LogP contribution in [0.25, 0.3) is 0 Å². The molecular weight excluding hydrogens is 398 g/mol. The van der Waals surface area contributed by atoms with Gasteiger partial charge in [0.15, 0.2) is 17.3 Å². The van der Waals surface area contributed by atoms with Gasteiger partial charge >= 0.3 is 0 Å². The zero-order valence-corrected chi connectivity index (χ0v) is 18.0. The van der Waals surface area contributed by atoms with Crippen molar-refractivity contribution in [2.75, 3.05) is 53.5 Å². The van der Waals surface area contributed by atoms with E-state index in [1.807, 2.05) is 24.3 Å². The number of nitro groups is 1. The predicted molar refractivity (Wildman–Crippen MR) is 118 cm³/mol. The number of ether oxygens (including phenoxy) is 2. The fraction of sp³-hybridized carbons (Fsp3) is 0.435. The zero-order valence-electron chi connectivity index (χ0n) is 18.0. The molecule has 0 bridgehead atoms. The second kappa shape index (κ2) is 8.64. The summed E-state index contributed by atoms with van der Waals surface area (Å²) in [6, 6.07) is 10.6. The number of hydrogen-bond donors (Lipinski definition) is 0. The smallest absolute Gasteiger partial charge is 0.269 e. The van der Waals surface area contributed by atoms with Crippen LogP contribution in [0.4, 0.5) is 11.4 Å². The molecule has 31 heavy (non-hydrogen) atoms. The highest BCUT2D eigenvalue weighted by atomic mass is 16.6. The first-order chi connectivity index (χ1) is 15.0. The number of ketones is 1. The van der Waals surface area contributed by atoms with Gasteiger partial charge in [-0.25, -0.2) is 0 Å². The number of hydrogen-bond acceptors (Lipinski definition) is 6. The van der Waals surface area contributed by atoms with E-state index in [-0.39, 0.29) is 16.4 Å². The normalized spacial score (nSPS) is 17.9. The van der Waals surface area contributed by atoms with E-state index in [4.69, 9.17) is 9.47 Å². The van der Waals surface area contributed by atoms with Crippen LogP contribution in [0.15, 0.2) is 36.4 Å². The van der Waals surface area contributed by atoms with Crippen LogP contribution < -0.4 is 14.0 Å². The van der Waals surface area contributed by atoms with E-state index >= 15 is 0 Å². The minimum Gasteiger partial charge on any atom is -0.493 e. The summed E-state index contributed by atoms with van der Waals surface area (Å²) in [4.78, 5) is 25.5. The first-order valence-electron chi connectivity index (χ1n) is 10.6. The molecule has 0 amide bonds. The lowest BCUT2D eigenvalue weighted by atomic mass is 9.95. The van der Waals surface area contributed by atoms with Gasteiger partial charge in [0.1, 0.15) is 5.69 Å². The van der Waals surface area contributed by atoms with Crippen molar-refractivity contribution >= 4 is 17.2 Å². The third-order valence-corrected chi connectivity index (χ3v) is 6.63. The Morgan fingerprint density at radius 3 is 2.29 bits per heavy atom. The molecule has 2 aromatic carbocycles. The molecule has 1 spiro atoms. The van der Waals surface area contributed by atoms with E-state index < -0.39 is 0 Å². The highest BCUT2D eigenvalue weighted by Crippen LogP contribution is 2.42. The van der Waals surface area contributed by atoms with Crippen molar-refractivity contribution in [3.63, 3.8) is 0 Å². The highest BCUT2D eigenvalue weighted by Gasteiger charge is 2.42. The first-order valence-corrected chi connectivity index (χ1v) is 10.6. The van der Waals surface area contributed by atoms with Gasteiger partial charge in [0.05, 0.1) is 50.8 Å². The maximum atomic E-state index is 12.6. The Morgan fingerprint density at radius 2 is 1.68 bits per heavy atom. The molecule has 2 aliphatic rings. The summed E-state index contributed by atoms with van der Waals surface area (Å²) in [5.41, 5.74) is 3.02. The number of fused-ring (bicyclic) bond motifs is 2. The van der Waals surface area contributed by atoms with E-state index in [2.05, 4.69) is 4.90 Å². The fourth-order valence-electron chi connectivity index (χ4n) is 4.70. The molecule has 0 N–H and O–H groups in total. The van der Waals surface area contributed by atoms with Crippen LogP contribution in [0.5, 0.6) is 11.5 Å². The van der Waals surface area contributed by atoms with E-state index in [9.17, 15) is 14.9 Å². The van der Waals surface area contributed by atoms with Crippen LogP contribution in [0, 0.1) is 10.1 Å². The molecule has 0 aliphatic carbocycles. The van der Waals surface area contributed by atoms with Gasteiger partial charge < -0.3 is 9.47 Å². The second-order valence-corrected chi connectivity index (χ2v) is 8.23. The van der Waals surface area contributed by atoms with Gasteiger partial charge in [-0.2, -0.15) is 0 Å². The average molecular weight is 426 g/mol. The Morgan fingerprint density at radius 1 is 1.03 bits per heavy atom. The summed E-state index contributed by atoms with van der Waals surface area (Å²) in [6.07, 6.45) is 1.41. The summed E-state index contributed by atoms with van der Waals surface area (Å²) in [5.74, 6) is 1.42. The monoisotopic (exact) mass is 426 g/mol. The second-order valence-electron chi connectivity index (χ2n) is 8.23. The molecule has 0 saturated carbocycles. The number of nitro benzene ring substituents is 1. The van der Waals surface area contributed by atoms with E-state index in [0.29, 0.717) is 17.9 Å². The predicted octanol–water partition coefficient (Wildman–Crippen LogP) is 3.06. The lowest BCUT2D eigenvalue weighted by Crippen LogP contribution is -2.63. The minimum atomic E-state index is -0.372. The number of carbonyl (C=O) groups is 1. The number of nitrogens with zero attached hydrogens (tertiary/aromatic N) is 3. The van der Waals surface area contributed by atoms with Crippen LogP contribution >= 0.6 is 0 Å². The standard InChI is InChI=1S/C23H28N3O5/c1-30-22-15-19-20(16-23(22)31-2)26(12-8-21(19)27)13-10-24(11-14-26)9-7-17-3-5-18(6-4-17)25(28)29/h3-6,15-16H,7-14H2,1-2H3/q+1. The molecule has 164 valence electrons.